The average molecular weight is 189 g/mol. The van der Waals surface area contributed by atoms with E-state index in [0.717, 1.165) is 0 Å². The van der Waals surface area contributed by atoms with Gasteiger partial charge in [0, 0.05) is 0 Å². The number of hydrogen-bond donors (Lipinski definition) is 2. The van der Waals surface area contributed by atoms with Crippen LogP contribution < -0.4 is 5.14 Å². The molecule has 0 saturated heterocycles. The summed E-state index contributed by atoms with van der Waals surface area (Å²) >= 11 is 0. The summed E-state index contributed by atoms with van der Waals surface area (Å²) in [6.45, 7) is 0. The minimum atomic E-state index is -4.70. The van der Waals surface area contributed by atoms with Crippen molar-refractivity contribution < 1.29 is 20.5 Å². The molecule has 0 aliphatic heterocycles. The van der Waals surface area contributed by atoms with Crippen LogP contribution in [0, 0.1) is 5.53 Å². The molecule has 0 spiro atoms. The Morgan fingerprint density at radius 2 is 1.70 bits per heavy atom. The first-order valence-electron chi connectivity index (χ1n) is 1.64. The van der Waals surface area contributed by atoms with Crippen molar-refractivity contribution in [2.24, 2.45) is 9.66 Å². The number of nitrogens with one attached hydrogen (secondary N) is 1. The monoisotopic (exact) mass is 189 g/mol. The number of rotatable bonds is 3. The largest absolute Gasteiger partial charge is 0.413 e. The summed E-state index contributed by atoms with van der Waals surface area (Å²) in [7, 11) is -9.29. The van der Waals surface area contributed by atoms with E-state index in [9.17, 15) is 16.8 Å². The summed E-state index contributed by atoms with van der Waals surface area (Å²) in [6.07, 6.45) is 0. The highest BCUT2D eigenvalue weighted by molar-refractivity contribution is 7.98. The fourth-order valence-electron chi connectivity index (χ4n) is 0.135. The Hall–Kier alpha value is -0.580. The van der Waals surface area contributed by atoms with E-state index in [1.54, 1.807) is 0 Å². The summed E-state index contributed by atoms with van der Waals surface area (Å²) < 4.78 is 44.6. The van der Waals surface area contributed by atoms with Crippen LogP contribution in [-0.2, 0) is 24.2 Å². The van der Waals surface area contributed by atoms with Crippen molar-refractivity contribution in [2.75, 3.05) is 0 Å². The molecule has 0 fully saturated rings. The fourth-order valence-corrected chi connectivity index (χ4v) is 1.22. The quantitative estimate of drug-likeness (QED) is 0.519. The number of nitrogens with zero attached hydrogens (tertiary/aromatic N) is 1. The van der Waals surface area contributed by atoms with Gasteiger partial charge in [0.2, 0.25) is 0 Å². The van der Waals surface area contributed by atoms with Crippen LogP contribution in [0.4, 0.5) is 0 Å². The second-order valence-corrected chi connectivity index (χ2v) is 3.65. The van der Waals surface area contributed by atoms with E-state index in [-0.39, 0.29) is 0 Å². The predicted molar refractivity (Wildman–Crippen MR) is 28.3 cm³/mol. The Labute approximate surface area is 57.0 Å². The number of hydrogen-bond acceptors (Lipinski definition) is 6. The third-order valence-corrected chi connectivity index (χ3v) is 1.96. The van der Waals surface area contributed by atoms with Crippen LogP contribution in [0.15, 0.2) is 4.52 Å². The molecule has 0 aliphatic rings. The van der Waals surface area contributed by atoms with E-state index in [2.05, 4.69) is 8.77 Å². The smallest absolute Gasteiger partial charge is 0.204 e. The molecule has 0 saturated carbocycles. The van der Waals surface area contributed by atoms with Crippen LogP contribution in [0.3, 0.4) is 0 Å². The molecule has 0 aromatic rings. The summed E-state index contributed by atoms with van der Waals surface area (Å²) in [5.74, 6) is 0. The van der Waals surface area contributed by atoms with Crippen molar-refractivity contribution in [2.45, 2.75) is 0 Å². The highest BCUT2D eigenvalue weighted by Gasteiger charge is 2.16. The molecule has 0 aromatic carbocycles. The molecule has 0 aromatic heterocycles. The minimum Gasteiger partial charge on any atom is -0.204 e. The van der Waals surface area contributed by atoms with Gasteiger partial charge in [-0.2, -0.15) is 22.4 Å². The molecule has 8 nitrogen and oxygen atoms in total. The third kappa shape index (κ3) is 4.31. The second kappa shape index (κ2) is 2.57. The maximum Gasteiger partial charge on any atom is 0.413 e. The molecule has 0 heterocycles. The van der Waals surface area contributed by atoms with Crippen molar-refractivity contribution in [1.29, 1.82) is 5.53 Å². The molecule has 10 heavy (non-hydrogen) atoms. The molecule has 60 valence electrons. The molecular formula is H3N3O5S2. The van der Waals surface area contributed by atoms with Gasteiger partial charge >= 0.3 is 20.6 Å². The van der Waals surface area contributed by atoms with Gasteiger partial charge in [-0.1, -0.05) is 0 Å². The van der Waals surface area contributed by atoms with E-state index >= 15 is 0 Å². The Morgan fingerprint density at radius 3 is 1.80 bits per heavy atom. The SMILES string of the molecule is N=NS(=O)(=O)OS(N)(=O)=O. The van der Waals surface area contributed by atoms with Crippen LogP contribution in [0.2, 0.25) is 0 Å². The summed E-state index contributed by atoms with van der Waals surface area (Å²) in [4.78, 5) is 0. The van der Waals surface area contributed by atoms with Gasteiger partial charge in [-0.05, 0) is 4.52 Å². The van der Waals surface area contributed by atoms with Crippen molar-refractivity contribution in [1.82, 2.24) is 0 Å². The zero-order valence-electron chi connectivity index (χ0n) is 4.38. The summed E-state index contributed by atoms with van der Waals surface area (Å²) in [6, 6.07) is 0. The van der Waals surface area contributed by atoms with Crippen molar-refractivity contribution in [3.8, 4) is 0 Å². The van der Waals surface area contributed by atoms with Gasteiger partial charge in [0.05, 0.1) is 0 Å². The van der Waals surface area contributed by atoms with Crippen LogP contribution in [0.5, 0.6) is 0 Å². The predicted octanol–water partition coefficient (Wildman–Crippen LogP) is -1.52. The average Bonchev–Trinajstić information content (AvgIpc) is 1.60. The van der Waals surface area contributed by atoms with Crippen molar-refractivity contribution in [3.63, 3.8) is 0 Å². The Balaban J connectivity index is 4.65. The molecule has 0 amide bonds. The highest BCUT2D eigenvalue weighted by atomic mass is 32.3. The molecule has 0 rings (SSSR count). The third-order valence-electron chi connectivity index (χ3n) is 0.293. The van der Waals surface area contributed by atoms with E-state index in [1.165, 1.54) is 0 Å². The Bertz CT molecular complexity index is 307. The maximum atomic E-state index is 9.98. The van der Waals surface area contributed by atoms with Crippen LogP contribution >= 0.6 is 0 Å². The van der Waals surface area contributed by atoms with Crippen molar-refractivity contribution >= 4 is 20.6 Å². The van der Waals surface area contributed by atoms with Crippen LogP contribution in [-0.4, -0.2) is 16.8 Å². The molecule has 0 aliphatic carbocycles. The van der Waals surface area contributed by atoms with E-state index < -0.39 is 20.6 Å². The molecule has 0 bridgehead atoms. The zero-order chi connectivity index (χ0) is 8.41. The standard InChI is InChI=1S/H3N3O5S2/c1-3-10(6,7)8-9(2,4)5/h1H,(H2,2,4,5). The second-order valence-electron chi connectivity index (χ2n) is 1.08. The Kier molecular flexibility index (Phi) is 2.42. The lowest BCUT2D eigenvalue weighted by Crippen LogP contribution is -2.18. The van der Waals surface area contributed by atoms with Gasteiger partial charge in [0.25, 0.3) is 0 Å². The first kappa shape index (κ1) is 9.42. The zero-order valence-corrected chi connectivity index (χ0v) is 6.02. The van der Waals surface area contributed by atoms with Gasteiger partial charge in [-0.3, -0.25) is 0 Å². The lowest BCUT2D eigenvalue weighted by atomic mass is 13.3. The van der Waals surface area contributed by atoms with Crippen LogP contribution in [0.25, 0.3) is 0 Å². The normalized spacial score (nSPS) is 12.9. The lowest BCUT2D eigenvalue weighted by molar-refractivity contribution is 0.461. The van der Waals surface area contributed by atoms with Crippen molar-refractivity contribution in [3.05, 3.63) is 0 Å². The maximum absolute atomic E-state index is 9.98. The van der Waals surface area contributed by atoms with Crippen LogP contribution in [0.1, 0.15) is 0 Å². The highest BCUT2D eigenvalue weighted by Crippen LogP contribution is 1.96. The first-order chi connectivity index (χ1) is 4.27. The van der Waals surface area contributed by atoms with Gasteiger partial charge in [0.1, 0.15) is 0 Å². The van der Waals surface area contributed by atoms with E-state index in [4.69, 9.17) is 5.53 Å². The van der Waals surface area contributed by atoms with E-state index in [0.29, 0.717) is 0 Å². The first-order valence-corrected chi connectivity index (χ1v) is 4.48. The summed E-state index contributed by atoms with van der Waals surface area (Å²) in [5, 5.41) is 4.12. The van der Waals surface area contributed by atoms with E-state index in [1.807, 2.05) is 4.52 Å². The molecular weight excluding hydrogens is 186 g/mol. The lowest BCUT2D eigenvalue weighted by Gasteiger charge is -1.91. The Morgan fingerprint density at radius 1 is 1.30 bits per heavy atom. The minimum absolute atomic E-state index is 1.85. The fraction of sp³-hybridized carbons (Fsp3) is 0. The van der Waals surface area contributed by atoms with Gasteiger partial charge < -0.3 is 0 Å². The molecule has 0 unspecified atom stereocenters. The molecule has 10 heteroatoms. The van der Waals surface area contributed by atoms with Gasteiger partial charge in [0.15, 0.2) is 0 Å². The summed E-state index contributed by atoms with van der Waals surface area (Å²) in [5.41, 5.74) is 5.88. The topological polar surface area (TPSA) is 140 Å². The molecule has 3 N–H and O–H groups in total. The number of nitrogens with two attached hydrogens (primary N) is 1. The molecule has 0 atom stereocenters. The van der Waals surface area contributed by atoms with Gasteiger partial charge in [-0.15, -0.1) is 3.63 Å². The van der Waals surface area contributed by atoms with Gasteiger partial charge in [-0.25, -0.2) is 5.14 Å². The molecule has 0 radical (unpaired) electrons.